The average Bonchev–Trinajstić information content (AvgIpc) is 0.755. The Morgan fingerprint density at radius 1 is 0.510 bits per heavy atom. The van der Waals surface area contributed by atoms with Gasteiger partial charge in [-0.05, 0) is 44.9 Å². The zero-order valence-electron chi connectivity index (χ0n) is 63.2. The maximum atomic E-state index is 13.5. The van der Waals surface area contributed by atoms with E-state index in [9.17, 15) is 75.7 Å². The number of amides is 2. The molecule has 3 aliphatic rings. The van der Waals surface area contributed by atoms with Crippen molar-refractivity contribution in [1.82, 2.24) is 10.6 Å². The van der Waals surface area contributed by atoms with Crippen LogP contribution in [0.2, 0.25) is 0 Å². The fourth-order valence-electron chi connectivity index (χ4n) is 14.2. The third-order valence-corrected chi connectivity index (χ3v) is 20.6. The van der Waals surface area contributed by atoms with Crippen LogP contribution >= 0.6 is 0 Å². The molecule has 23 heteroatoms. The van der Waals surface area contributed by atoms with E-state index in [1.54, 1.807) is 6.08 Å². The van der Waals surface area contributed by atoms with Gasteiger partial charge in [-0.1, -0.05) is 282 Å². The first-order valence-corrected chi connectivity index (χ1v) is 40.7. The summed E-state index contributed by atoms with van der Waals surface area (Å²) in [6, 6.07) is -2.62. The lowest BCUT2D eigenvalue weighted by Gasteiger charge is -2.50. The lowest BCUT2D eigenvalue weighted by atomic mass is 9.88. The van der Waals surface area contributed by atoms with Crippen molar-refractivity contribution < 1.29 is 104 Å². The third-order valence-electron chi connectivity index (χ3n) is 20.6. The van der Waals surface area contributed by atoms with E-state index in [-0.39, 0.29) is 12.3 Å². The van der Waals surface area contributed by atoms with Gasteiger partial charge in [-0.25, -0.2) is 4.79 Å². The Morgan fingerprint density at radius 3 is 1.33 bits per heavy atom. The minimum atomic E-state index is -3.08. The number of aliphatic carboxylic acids is 1. The highest BCUT2D eigenvalue weighted by Gasteiger charge is 2.60. The number of rotatable bonds is 64. The van der Waals surface area contributed by atoms with Crippen molar-refractivity contribution in [3.8, 4) is 0 Å². The van der Waals surface area contributed by atoms with Crippen LogP contribution in [-0.4, -0.2) is 215 Å². The molecule has 2 amide bonds. The van der Waals surface area contributed by atoms with Crippen molar-refractivity contribution in [3.05, 3.63) is 24.3 Å². The molecule has 102 heavy (non-hydrogen) atoms. The molecule has 3 rings (SSSR count). The van der Waals surface area contributed by atoms with E-state index in [1.165, 1.54) is 231 Å². The Labute approximate surface area is 613 Å². The number of unbranched alkanes of at least 4 members (excludes halogenated alkanes) is 42. The normalized spacial score (nSPS) is 26.7. The molecule has 23 nitrogen and oxygen atoms in total. The van der Waals surface area contributed by atoms with Crippen LogP contribution in [0.25, 0.3) is 0 Å². The summed E-state index contributed by atoms with van der Waals surface area (Å²) in [7, 11) is 0. The van der Waals surface area contributed by atoms with E-state index in [4.69, 9.17) is 28.4 Å². The molecule has 0 saturated carbocycles. The van der Waals surface area contributed by atoms with Crippen LogP contribution in [0.15, 0.2) is 24.3 Å². The van der Waals surface area contributed by atoms with Crippen molar-refractivity contribution in [3.63, 3.8) is 0 Å². The van der Waals surface area contributed by atoms with E-state index in [2.05, 4.69) is 36.6 Å². The Bertz CT molecular complexity index is 2130. The van der Waals surface area contributed by atoms with Crippen molar-refractivity contribution in [1.29, 1.82) is 0 Å². The molecule has 0 aromatic heterocycles. The Balaban J connectivity index is 1.49. The smallest absolute Gasteiger partial charge is 0.364 e. The first-order valence-electron chi connectivity index (χ1n) is 40.7. The number of aliphatic hydroxyl groups is 11. The summed E-state index contributed by atoms with van der Waals surface area (Å²) >= 11 is 0. The number of ether oxygens (including phenoxy) is 6. The fourth-order valence-corrected chi connectivity index (χ4v) is 14.2. The number of carboxylic acids is 1. The Hall–Kier alpha value is -2.79. The van der Waals surface area contributed by atoms with Gasteiger partial charge in [0.2, 0.25) is 11.8 Å². The molecule has 0 bridgehead atoms. The maximum absolute atomic E-state index is 13.5. The van der Waals surface area contributed by atoms with E-state index in [0.717, 1.165) is 51.9 Å². The quantitative estimate of drug-likeness (QED) is 0.0199. The number of allylic oxidation sites excluding steroid dienone is 3. The van der Waals surface area contributed by atoms with Crippen LogP contribution < -0.4 is 10.6 Å². The molecule has 0 spiro atoms. The molecule has 0 aliphatic carbocycles. The summed E-state index contributed by atoms with van der Waals surface area (Å²) in [6.45, 7) is 2.18. The highest BCUT2D eigenvalue weighted by Crippen LogP contribution is 2.39. The van der Waals surface area contributed by atoms with Gasteiger partial charge >= 0.3 is 5.97 Å². The van der Waals surface area contributed by atoms with E-state index in [1.807, 2.05) is 6.08 Å². The number of nitrogens with one attached hydrogen (secondary N) is 2. The van der Waals surface area contributed by atoms with Crippen LogP contribution in [0, 0.1) is 0 Å². The third kappa shape index (κ3) is 38.3. The summed E-state index contributed by atoms with van der Waals surface area (Å²) in [6.07, 6.45) is 35.1. The van der Waals surface area contributed by atoms with Crippen molar-refractivity contribution >= 4 is 17.8 Å². The highest BCUT2D eigenvalue weighted by atomic mass is 16.8. The van der Waals surface area contributed by atoms with E-state index >= 15 is 0 Å². The molecule has 3 saturated heterocycles. The summed E-state index contributed by atoms with van der Waals surface area (Å²) in [5, 5.41) is 136. The first kappa shape index (κ1) is 93.4. The van der Waals surface area contributed by atoms with Gasteiger partial charge in [-0.15, -0.1) is 0 Å². The molecular weight excluding hydrogens is 1310 g/mol. The Morgan fingerprint density at radius 2 is 0.922 bits per heavy atom. The SMILES string of the molecule is CCCCCCCCCCCCCC/C=C\CCCCCCCCCCCCCCCCC(=O)NC(COC1OC(CO)C(OC2OC(CO)C(O)C(OC3(C(=O)O)CC(O)C(NC(C)=O)C(C(O)C(O)CO)O3)C2O)C(O)C1O)C(O)/C=C/CCCCCCCCCCCCCCCCCC. The number of carbonyl (C=O) groups is 3. The van der Waals surface area contributed by atoms with Crippen molar-refractivity contribution in [2.75, 3.05) is 26.4 Å². The van der Waals surface area contributed by atoms with Crippen LogP contribution in [0.1, 0.15) is 323 Å². The number of carbonyl (C=O) groups excluding carboxylic acids is 2. The molecule has 3 fully saturated rings. The molecule has 0 aromatic rings. The second-order valence-electron chi connectivity index (χ2n) is 29.6. The monoisotopic (exact) mass is 1460 g/mol. The lowest BCUT2D eigenvalue weighted by Crippen LogP contribution is -2.70. The van der Waals surface area contributed by atoms with Crippen LogP contribution in [-0.2, 0) is 42.8 Å². The molecule has 598 valence electrons. The topological polar surface area (TPSA) is 373 Å². The molecule has 14 N–H and O–H groups in total. The average molecular weight is 1460 g/mol. The van der Waals surface area contributed by atoms with E-state index < -0.39 is 155 Å². The van der Waals surface area contributed by atoms with Gasteiger partial charge in [-0.2, -0.15) is 0 Å². The van der Waals surface area contributed by atoms with Gasteiger partial charge in [0.25, 0.3) is 5.79 Å². The lowest BCUT2D eigenvalue weighted by molar-refractivity contribution is -0.386. The summed E-state index contributed by atoms with van der Waals surface area (Å²) < 4.78 is 34.9. The van der Waals surface area contributed by atoms with Gasteiger partial charge in [0.05, 0.1) is 50.7 Å². The number of carboxylic acid groups (broad SMARTS) is 1. The van der Waals surface area contributed by atoms with Crippen LogP contribution in [0.5, 0.6) is 0 Å². The summed E-state index contributed by atoms with van der Waals surface area (Å²) in [5.41, 5.74) is 0. The molecule has 0 aromatic carbocycles. The van der Waals surface area contributed by atoms with E-state index in [0.29, 0.717) is 12.8 Å². The zero-order chi connectivity index (χ0) is 74.6. The summed E-state index contributed by atoms with van der Waals surface area (Å²) in [4.78, 5) is 38.7. The molecule has 3 aliphatic heterocycles. The molecule has 18 atom stereocenters. The minimum absolute atomic E-state index is 0.202. The minimum Gasteiger partial charge on any atom is -0.477 e. The zero-order valence-corrected chi connectivity index (χ0v) is 63.2. The van der Waals surface area contributed by atoms with Gasteiger partial charge in [0, 0.05) is 19.8 Å². The van der Waals surface area contributed by atoms with Gasteiger partial charge in [-0.3, -0.25) is 9.59 Å². The fraction of sp³-hybridized carbons (Fsp3) is 0.911. The Kier molecular flexibility index (Phi) is 53.4. The van der Waals surface area contributed by atoms with Gasteiger partial charge in [0.1, 0.15) is 67.1 Å². The maximum Gasteiger partial charge on any atom is 0.364 e. The second-order valence-corrected chi connectivity index (χ2v) is 29.6. The molecular formula is C79H146N2O21. The van der Waals surface area contributed by atoms with Crippen molar-refractivity contribution in [2.24, 2.45) is 0 Å². The number of hydrogen-bond donors (Lipinski definition) is 14. The largest absolute Gasteiger partial charge is 0.477 e. The predicted molar refractivity (Wildman–Crippen MR) is 394 cm³/mol. The predicted octanol–water partition coefficient (Wildman–Crippen LogP) is 10.7. The van der Waals surface area contributed by atoms with Crippen LogP contribution in [0.3, 0.4) is 0 Å². The number of aliphatic hydroxyl groups excluding tert-OH is 11. The standard InChI is InChI=1S/C79H146N2O21/c1-4-6-8-10-12-14-16-18-20-22-24-25-26-27-28-29-30-31-32-33-34-35-37-39-41-43-45-47-49-51-53-66(89)81-60(61(86)52-50-48-46-44-42-40-38-36-23-21-19-17-15-13-11-9-7-5-2)58-97-76-71(93)70(92)73(65(57-84)99-76)100-77-72(94)75(69(91)64(56-83)98-77)102-79(78(95)96)54-62(87)67(80-59(3)85)74(101-79)68(90)63(88)55-82/h27-28,50,52,60-65,67-77,82-84,86-88,90-94H,4-26,29-49,51,53-58H2,1-3H3,(H,80,85)(H,81,89)(H,95,96)/b28-27-,52-50+. The van der Waals surface area contributed by atoms with Crippen LogP contribution in [0.4, 0.5) is 0 Å². The van der Waals surface area contributed by atoms with Gasteiger partial charge in [0.15, 0.2) is 12.6 Å². The summed E-state index contributed by atoms with van der Waals surface area (Å²) in [5.74, 6) is -6.14. The molecule has 0 radical (unpaired) electrons. The first-order chi connectivity index (χ1) is 49.4. The van der Waals surface area contributed by atoms with Crippen molar-refractivity contribution in [2.45, 2.75) is 432 Å². The second kappa shape index (κ2) is 58.3. The molecule has 18 unspecified atom stereocenters. The number of hydrogen-bond acceptors (Lipinski definition) is 20. The molecule has 3 heterocycles. The van der Waals surface area contributed by atoms with Gasteiger partial charge < -0.3 is 100 Å². The highest BCUT2D eigenvalue weighted by molar-refractivity contribution is 5.77.